The summed E-state index contributed by atoms with van der Waals surface area (Å²) in [4.78, 5) is 0. The van der Waals surface area contributed by atoms with Crippen LogP contribution in [0.5, 0.6) is 0 Å². The topological polar surface area (TPSA) is 20.2 Å². The summed E-state index contributed by atoms with van der Waals surface area (Å²) in [5.41, 5.74) is 0. The van der Waals surface area contributed by atoms with Crippen LogP contribution in [0.1, 0.15) is 110 Å². The van der Waals surface area contributed by atoms with E-state index in [4.69, 9.17) is 9.84 Å². The molecular formula is C17H37FO. The minimum absolute atomic E-state index is 1.37. The zero-order valence-electron chi connectivity index (χ0n) is 13.4. The molecule has 2 heteroatoms. The fourth-order valence-corrected chi connectivity index (χ4v) is 2.44. The molecule has 0 aromatic heterocycles. The molecule has 0 aliphatic carbocycles. The van der Waals surface area contributed by atoms with Crippen LogP contribution in [0.25, 0.3) is 0 Å². The summed E-state index contributed by atoms with van der Waals surface area (Å²) in [7, 11) is 0. The minimum atomic E-state index is 1.37. The van der Waals surface area contributed by atoms with Gasteiger partial charge in [0.15, 0.2) is 0 Å². The van der Waals surface area contributed by atoms with E-state index in [0.29, 0.717) is 0 Å². The van der Waals surface area contributed by atoms with E-state index in [1.165, 1.54) is 96.3 Å². The molecule has 0 amide bonds. The van der Waals surface area contributed by atoms with E-state index in [1.807, 2.05) is 0 Å². The van der Waals surface area contributed by atoms with Crippen LogP contribution in [0.3, 0.4) is 0 Å². The Morgan fingerprint density at radius 1 is 0.421 bits per heavy atom. The Labute approximate surface area is 120 Å². The largest absolute Gasteiger partial charge is 0.209 e. The minimum Gasteiger partial charge on any atom is -0.209 e. The van der Waals surface area contributed by atoms with Gasteiger partial charge in [-0.05, 0) is 0 Å². The molecule has 0 atom stereocenters. The van der Waals surface area contributed by atoms with E-state index in [1.54, 1.807) is 0 Å². The third-order valence-corrected chi connectivity index (χ3v) is 3.71. The molecule has 0 aromatic carbocycles. The average molecular weight is 276 g/mol. The number of hydrogen-bond acceptors (Lipinski definition) is 1. The molecule has 0 aliphatic rings. The van der Waals surface area contributed by atoms with Crippen molar-refractivity contribution in [2.75, 3.05) is 0 Å². The van der Waals surface area contributed by atoms with E-state index in [9.17, 15) is 0 Å². The van der Waals surface area contributed by atoms with Gasteiger partial charge in [0.2, 0.25) is 0 Å². The van der Waals surface area contributed by atoms with Gasteiger partial charge in [-0.25, -0.2) is 5.31 Å². The molecule has 0 spiro atoms. The summed E-state index contributed by atoms with van der Waals surface area (Å²) < 4.78 is 8.50. The lowest BCUT2D eigenvalue weighted by Gasteiger charge is -2.02. The highest BCUT2D eigenvalue weighted by Gasteiger charge is 1.93. The van der Waals surface area contributed by atoms with Crippen molar-refractivity contribution in [1.82, 2.24) is 0 Å². The Kier molecular flexibility index (Phi) is 25.7. The third kappa shape index (κ3) is 23.4. The van der Waals surface area contributed by atoms with E-state index in [-0.39, 0.29) is 0 Å². The van der Waals surface area contributed by atoms with Gasteiger partial charge < -0.3 is 0 Å². The smallest absolute Gasteiger partial charge is 0.0519 e. The van der Waals surface area contributed by atoms with Crippen molar-refractivity contribution in [2.45, 2.75) is 110 Å². The highest BCUT2D eigenvalue weighted by molar-refractivity contribution is 4.48. The van der Waals surface area contributed by atoms with E-state index < -0.39 is 0 Å². The molecule has 0 saturated carbocycles. The number of hydrogen-bond donors (Lipinski definition) is 1. The van der Waals surface area contributed by atoms with Gasteiger partial charge in [0.25, 0.3) is 0 Å². The van der Waals surface area contributed by atoms with Gasteiger partial charge in [-0.2, -0.15) is 0 Å². The van der Waals surface area contributed by atoms with Crippen LogP contribution in [-0.2, 0) is 0 Å². The Hall–Kier alpha value is -0.110. The van der Waals surface area contributed by atoms with Crippen molar-refractivity contribution in [3.63, 3.8) is 0 Å². The molecule has 0 unspecified atom stereocenters. The van der Waals surface area contributed by atoms with Gasteiger partial charge in [0.05, 0.1) is 0 Å². The summed E-state index contributed by atoms with van der Waals surface area (Å²) >= 11 is 0. The molecule has 118 valence electrons. The molecule has 0 aliphatic heterocycles. The maximum Gasteiger partial charge on any atom is -0.0519 e. The Balaban J connectivity index is 0. The van der Waals surface area contributed by atoms with Crippen molar-refractivity contribution >= 4 is 0 Å². The number of unbranched alkanes of at least 4 members (excludes halogenated alkanes) is 14. The molecule has 0 bridgehead atoms. The molecule has 0 aromatic rings. The lowest BCUT2D eigenvalue weighted by atomic mass is 10.0. The Bertz CT molecular complexity index is 114. The second-order valence-electron chi connectivity index (χ2n) is 5.60. The van der Waals surface area contributed by atoms with Crippen LogP contribution in [0.2, 0.25) is 0 Å². The maximum absolute atomic E-state index is 8.50. The summed E-state index contributed by atoms with van der Waals surface area (Å²) in [6, 6.07) is 0. The van der Waals surface area contributed by atoms with Gasteiger partial charge >= 0.3 is 0 Å². The summed E-state index contributed by atoms with van der Waals surface area (Å²) in [5, 5.41) is 5.50. The van der Waals surface area contributed by atoms with Crippen molar-refractivity contribution in [3.8, 4) is 0 Å². The molecule has 1 nitrogen and oxygen atoms in total. The Morgan fingerprint density at radius 3 is 0.737 bits per heavy atom. The van der Waals surface area contributed by atoms with Crippen molar-refractivity contribution in [3.05, 3.63) is 0 Å². The van der Waals surface area contributed by atoms with Crippen LogP contribution in [0.4, 0.5) is 4.53 Å². The van der Waals surface area contributed by atoms with Crippen LogP contribution < -0.4 is 0 Å². The van der Waals surface area contributed by atoms with Gasteiger partial charge in [-0.1, -0.05) is 115 Å². The lowest BCUT2D eigenvalue weighted by Crippen LogP contribution is -1.82. The summed E-state index contributed by atoms with van der Waals surface area (Å²) in [5.74, 6) is 0. The fraction of sp³-hybridized carbons (Fsp3) is 1.00. The highest BCUT2D eigenvalue weighted by atomic mass is 19.3. The first-order valence-corrected chi connectivity index (χ1v) is 8.58. The second-order valence-corrected chi connectivity index (χ2v) is 5.60. The molecule has 0 saturated heterocycles. The Morgan fingerprint density at radius 2 is 0.579 bits per heavy atom. The molecule has 0 rings (SSSR count). The highest BCUT2D eigenvalue weighted by Crippen LogP contribution is 2.13. The van der Waals surface area contributed by atoms with E-state index in [0.717, 1.165) is 0 Å². The molecule has 1 N–H and O–H groups in total. The van der Waals surface area contributed by atoms with Gasteiger partial charge in [0.1, 0.15) is 0 Å². The average Bonchev–Trinajstić information content (AvgIpc) is 2.46. The van der Waals surface area contributed by atoms with Crippen molar-refractivity contribution < 1.29 is 9.84 Å². The first-order valence-electron chi connectivity index (χ1n) is 8.58. The van der Waals surface area contributed by atoms with Crippen LogP contribution in [-0.4, -0.2) is 5.31 Å². The quantitative estimate of drug-likeness (QED) is 0.348. The zero-order valence-corrected chi connectivity index (χ0v) is 13.4. The standard InChI is InChI=1S/C17H36.FHO/c1-3-5-7-9-11-13-15-17-16-14-12-10-8-6-4-2;1-2/h3-17H2,1-2H3;2H. The summed E-state index contributed by atoms with van der Waals surface area (Å²) in [6.45, 7) is 4.58. The predicted molar refractivity (Wildman–Crippen MR) is 83.9 cm³/mol. The predicted octanol–water partition coefficient (Wildman–Crippen LogP) is 6.74. The van der Waals surface area contributed by atoms with Crippen molar-refractivity contribution in [1.29, 1.82) is 0 Å². The van der Waals surface area contributed by atoms with Gasteiger partial charge in [-0.3, -0.25) is 0 Å². The molecule has 19 heavy (non-hydrogen) atoms. The normalized spacial score (nSPS) is 10.1. The van der Waals surface area contributed by atoms with Crippen LogP contribution >= 0.6 is 0 Å². The molecule has 0 heterocycles. The lowest BCUT2D eigenvalue weighted by molar-refractivity contribution is -0.0441. The van der Waals surface area contributed by atoms with Crippen molar-refractivity contribution in [2.24, 2.45) is 0 Å². The van der Waals surface area contributed by atoms with Gasteiger partial charge in [0, 0.05) is 0 Å². The number of rotatable bonds is 14. The molecule has 0 fully saturated rings. The third-order valence-electron chi connectivity index (χ3n) is 3.71. The second kappa shape index (κ2) is 23.0. The SMILES string of the molecule is CCCCCCCCCCCCCCCCC.OF. The zero-order chi connectivity index (χ0) is 14.6. The fourth-order valence-electron chi connectivity index (χ4n) is 2.44. The molecular weight excluding hydrogens is 239 g/mol. The maximum atomic E-state index is 8.50. The first-order chi connectivity index (χ1) is 9.41. The van der Waals surface area contributed by atoms with E-state index >= 15 is 0 Å². The first kappa shape index (κ1) is 21.2. The summed E-state index contributed by atoms with van der Waals surface area (Å²) in [6.07, 6.45) is 21.9. The number of halogens is 1. The monoisotopic (exact) mass is 276 g/mol. The van der Waals surface area contributed by atoms with E-state index in [2.05, 4.69) is 13.8 Å². The van der Waals surface area contributed by atoms with Gasteiger partial charge in [-0.15, -0.1) is 0 Å². The van der Waals surface area contributed by atoms with Crippen LogP contribution in [0.15, 0.2) is 0 Å². The molecule has 0 radical (unpaired) electrons. The van der Waals surface area contributed by atoms with Crippen LogP contribution in [0, 0.1) is 0 Å².